The molecule has 7 heteroatoms. The van der Waals surface area contributed by atoms with E-state index in [-0.39, 0.29) is 11.8 Å². The van der Waals surface area contributed by atoms with Crippen LogP contribution in [0.25, 0.3) is 10.1 Å². The number of carbonyl (C=O) groups excluding carboxylic acids is 2. The van der Waals surface area contributed by atoms with E-state index in [0.29, 0.717) is 27.7 Å². The SMILES string of the molecule is O=C(Nc1ccc2c(c1)CCN2C(=O)c1ccoc1)c1sc2ccccc2c1Cl. The number of hydrogen-bond acceptors (Lipinski definition) is 4. The first-order valence-electron chi connectivity index (χ1n) is 9.07. The standard InChI is InChI=1S/C22H15ClN2O3S/c23-19-16-3-1-2-4-18(16)29-20(19)21(26)24-15-5-6-17-13(11-15)7-9-25(17)22(27)14-8-10-28-12-14/h1-6,8,10-12H,7,9H2,(H,24,26). The number of fused-ring (bicyclic) bond motifs is 2. The number of nitrogens with one attached hydrogen (secondary N) is 1. The highest BCUT2D eigenvalue weighted by atomic mass is 35.5. The molecule has 4 aromatic rings. The third-order valence-corrected chi connectivity index (χ3v) is 6.66. The Labute approximate surface area is 175 Å². The van der Waals surface area contributed by atoms with Gasteiger partial charge in [0.25, 0.3) is 11.8 Å². The summed E-state index contributed by atoms with van der Waals surface area (Å²) in [6.07, 6.45) is 3.66. The molecule has 0 atom stereocenters. The third kappa shape index (κ3) is 3.10. The molecule has 0 saturated carbocycles. The lowest BCUT2D eigenvalue weighted by atomic mass is 10.1. The number of thiophene rings is 1. The molecule has 0 fully saturated rings. The second kappa shape index (κ2) is 7.06. The summed E-state index contributed by atoms with van der Waals surface area (Å²) in [5.74, 6) is -0.327. The molecule has 1 aliphatic heterocycles. The molecule has 0 aliphatic carbocycles. The molecule has 0 saturated heterocycles. The molecule has 5 rings (SSSR count). The van der Waals surface area contributed by atoms with Gasteiger partial charge in [0.15, 0.2) is 0 Å². The summed E-state index contributed by atoms with van der Waals surface area (Å²) < 4.78 is 5.99. The van der Waals surface area contributed by atoms with Crippen LogP contribution in [0.3, 0.4) is 0 Å². The molecule has 2 aromatic heterocycles. The van der Waals surface area contributed by atoms with Crippen LogP contribution in [0.4, 0.5) is 11.4 Å². The van der Waals surface area contributed by atoms with Crippen LogP contribution in [0.15, 0.2) is 65.5 Å². The molecular weight excluding hydrogens is 408 g/mol. The van der Waals surface area contributed by atoms with Gasteiger partial charge in [0.1, 0.15) is 11.1 Å². The molecule has 29 heavy (non-hydrogen) atoms. The Morgan fingerprint density at radius 2 is 2.00 bits per heavy atom. The number of rotatable bonds is 3. The average molecular weight is 423 g/mol. The Balaban J connectivity index is 1.38. The van der Waals surface area contributed by atoms with E-state index in [9.17, 15) is 9.59 Å². The first-order valence-corrected chi connectivity index (χ1v) is 10.3. The summed E-state index contributed by atoms with van der Waals surface area (Å²) >= 11 is 7.79. The van der Waals surface area contributed by atoms with Gasteiger partial charge in [-0.2, -0.15) is 0 Å². The molecule has 0 bridgehead atoms. The van der Waals surface area contributed by atoms with Gasteiger partial charge < -0.3 is 14.6 Å². The molecule has 0 spiro atoms. The lowest BCUT2D eigenvalue weighted by Gasteiger charge is -2.16. The van der Waals surface area contributed by atoms with Gasteiger partial charge in [-0.25, -0.2) is 0 Å². The minimum atomic E-state index is -0.236. The van der Waals surface area contributed by atoms with Crippen LogP contribution in [0, 0.1) is 0 Å². The average Bonchev–Trinajstić information content (AvgIpc) is 3.46. The maximum Gasteiger partial charge on any atom is 0.267 e. The van der Waals surface area contributed by atoms with E-state index in [1.165, 1.54) is 23.9 Å². The highest BCUT2D eigenvalue weighted by Crippen LogP contribution is 2.36. The molecule has 0 radical (unpaired) electrons. The number of benzene rings is 2. The monoisotopic (exact) mass is 422 g/mol. The summed E-state index contributed by atoms with van der Waals surface area (Å²) in [7, 11) is 0. The second-order valence-electron chi connectivity index (χ2n) is 6.76. The van der Waals surface area contributed by atoms with Gasteiger partial charge in [0.2, 0.25) is 0 Å². The fourth-order valence-electron chi connectivity index (χ4n) is 3.58. The number of hydrogen-bond donors (Lipinski definition) is 1. The fraction of sp³-hybridized carbons (Fsp3) is 0.0909. The first kappa shape index (κ1) is 18.0. The van der Waals surface area contributed by atoms with Gasteiger partial charge in [0.05, 0.1) is 16.8 Å². The third-order valence-electron chi connectivity index (χ3n) is 4.99. The number of furan rings is 1. The van der Waals surface area contributed by atoms with Crippen molar-refractivity contribution in [1.29, 1.82) is 0 Å². The van der Waals surface area contributed by atoms with E-state index in [4.69, 9.17) is 16.0 Å². The van der Waals surface area contributed by atoms with Crippen molar-refractivity contribution < 1.29 is 14.0 Å². The normalized spacial score (nSPS) is 12.9. The molecule has 144 valence electrons. The predicted molar refractivity (Wildman–Crippen MR) is 115 cm³/mol. The molecule has 3 heterocycles. The van der Waals surface area contributed by atoms with Gasteiger partial charge in [0, 0.05) is 28.0 Å². The summed E-state index contributed by atoms with van der Waals surface area (Å²) in [6.45, 7) is 0.596. The first-order chi connectivity index (χ1) is 14.1. The Morgan fingerprint density at radius 1 is 1.14 bits per heavy atom. The van der Waals surface area contributed by atoms with E-state index in [1.807, 2.05) is 36.4 Å². The minimum absolute atomic E-state index is 0.0913. The van der Waals surface area contributed by atoms with Crippen LogP contribution in [0.5, 0.6) is 0 Å². The van der Waals surface area contributed by atoms with Crippen LogP contribution in [0.1, 0.15) is 25.6 Å². The number of anilines is 2. The second-order valence-corrected chi connectivity index (χ2v) is 8.19. The maximum atomic E-state index is 12.8. The van der Waals surface area contributed by atoms with Gasteiger partial charge >= 0.3 is 0 Å². The summed E-state index contributed by atoms with van der Waals surface area (Å²) in [6, 6.07) is 14.9. The largest absolute Gasteiger partial charge is 0.472 e. The molecule has 0 unspecified atom stereocenters. The Bertz CT molecular complexity index is 1250. The van der Waals surface area contributed by atoms with E-state index in [0.717, 1.165) is 27.8 Å². The van der Waals surface area contributed by atoms with Crippen molar-refractivity contribution in [1.82, 2.24) is 0 Å². The highest BCUT2D eigenvalue weighted by molar-refractivity contribution is 7.21. The van der Waals surface area contributed by atoms with Crippen molar-refractivity contribution >= 4 is 56.2 Å². The fourth-order valence-corrected chi connectivity index (χ4v) is 4.99. The molecule has 5 nitrogen and oxygen atoms in total. The van der Waals surface area contributed by atoms with Crippen molar-refractivity contribution in [3.05, 3.63) is 82.1 Å². The van der Waals surface area contributed by atoms with Gasteiger partial charge in [-0.15, -0.1) is 11.3 Å². The zero-order valence-corrected chi connectivity index (χ0v) is 16.7. The Kier molecular flexibility index (Phi) is 4.38. The molecule has 2 aromatic carbocycles. The van der Waals surface area contributed by atoms with Crippen LogP contribution < -0.4 is 10.2 Å². The smallest absolute Gasteiger partial charge is 0.267 e. The quantitative estimate of drug-likeness (QED) is 0.467. The van der Waals surface area contributed by atoms with Gasteiger partial charge in [-0.3, -0.25) is 9.59 Å². The van der Waals surface area contributed by atoms with Crippen LogP contribution >= 0.6 is 22.9 Å². The van der Waals surface area contributed by atoms with Gasteiger partial charge in [-0.1, -0.05) is 29.8 Å². The lowest BCUT2D eigenvalue weighted by Crippen LogP contribution is -2.28. The Hall–Kier alpha value is -3.09. The zero-order valence-electron chi connectivity index (χ0n) is 15.1. The zero-order chi connectivity index (χ0) is 20.0. The number of carbonyl (C=O) groups is 2. The topological polar surface area (TPSA) is 62.6 Å². The van der Waals surface area contributed by atoms with Gasteiger partial charge in [-0.05, 0) is 42.3 Å². The lowest BCUT2D eigenvalue weighted by molar-refractivity contribution is 0.0987. The van der Waals surface area contributed by atoms with Crippen molar-refractivity contribution in [2.24, 2.45) is 0 Å². The number of halogens is 1. The minimum Gasteiger partial charge on any atom is -0.472 e. The van der Waals surface area contributed by atoms with E-state index in [2.05, 4.69) is 5.32 Å². The van der Waals surface area contributed by atoms with Crippen LogP contribution in [-0.2, 0) is 6.42 Å². The van der Waals surface area contributed by atoms with E-state index >= 15 is 0 Å². The van der Waals surface area contributed by atoms with Crippen LogP contribution in [0.2, 0.25) is 5.02 Å². The number of nitrogens with zero attached hydrogens (tertiary/aromatic N) is 1. The van der Waals surface area contributed by atoms with Crippen molar-refractivity contribution in [2.75, 3.05) is 16.8 Å². The van der Waals surface area contributed by atoms with Crippen molar-refractivity contribution in [3.63, 3.8) is 0 Å². The summed E-state index contributed by atoms with van der Waals surface area (Å²) in [5, 5.41) is 4.28. The molecule has 1 N–H and O–H groups in total. The molecule has 1 aliphatic rings. The van der Waals surface area contributed by atoms with E-state index in [1.54, 1.807) is 17.0 Å². The molecular formula is C22H15ClN2O3S. The maximum absolute atomic E-state index is 12.8. The summed E-state index contributed by atoms with van der Waals surface area (Å²) in [4.78, 5) is 27.6. The van der Waals surface area contributed by atoms with Crippen molar-refractivity contribution in [3.8, 4) is 0 Å². The van der Waals surface area contributed by atoms with Crippen LogP contribution in [-0.4, -0.2) is 18.4 Å². The highest BCUT2D eigenvalue weighted by Gasteiger charge is 2.26. The predicted octanol–water partition coefficient (Wildman–Crippen LogP) is 5.60. The number of amides is 2. The summed E-state index contributed by atoms with van der Waals surface area (Å²) in [5.41, 5.74) is 3.07. The van der Waals surface area contributed by atoms with E-state index < -0.39 is 0 Å². The Morgan fingerprint density at radius 3 is 2.79 bits per heavy atom. The van der Waals surface area contributed by atoms with Crippen molar-refractivity contribution in [2.45, 2.75) is 6.42 Å². The molecule has 2 amide bonds.